The first-order valence-electron chi connectivity index (χ1n) is 4.29. The lowest BCUT2D eigenvalue weighted by Gasteiger charge is -2.03. The van der Waals surface area contributed by atoms with Gasteiger partial charge < -0.3 is 15.2 Å². The quantitative estimate of drug-likeness (QED) is 0.454. The molecule has 0 amide bonds. The summed E-state index contributed by atoms with van der Waals surface area (Å²) in [6.45, 7) is 0.231. The Kier molecular flexibility index (Phi) is 4.84. The van der Waals surface area contributed by atoms with Crippen molar-refractivity contribution in [2.75, 3.05) is 25.3 Å². The molecule has 8 nitrogen and oxygen atoms in total. The molecule has 1 unspecified atom stereocenters. The molecule has 4 N–H and O–H groups in total. The van der Waals surface area contributed by atoms with Crippen molar-refractivity contribution in [3.05, 3.63) is 16.4 Å². The Labute approximate surface area is 91.3 Å². The molecular weight excluding hydrogens is 237 g/mol. The first-order chi connectivity index (χ1) is 7.58. The number of aromatic nitrogens is 2. The Balaban J connectivity index is 2.32. The number of ether oxygens (including phenoxy) is 2. The van der Waals surface area contributed by atoms with E-state index in [1.54, 1.807) is 0 Å². The maximum absolute atomic E-state index is 10.9. The van der Waals surface area contributed by atoms with Crippen LogP contribution in [0.15, 0.2) is 10.9 Å². The minimum atomic E-state index is -2.30. The van der Waals surface area contributed by atoms with Crippen LogP contribution in [0.5, 0.6) is 5.88 Å². The number of nitrogen functional groups attached to an aromatic ring is 1. The summed E-state index contributed by atoms with van der Waals surface area (Å²) < 4.78 is 20.0. The van der Waals surface area contributed by atoms with E-state index in [-0.39, 0.29) is 31.4 Å². The second kappa shape index (κ2) is 6.16. The molecule has 88 valence electrons. The third-order valence-corrected chi connectivity index (χ3v) is 1.82. The monoisotopic (exact) mass is 248 g/mol. The van der Waals surface area contributed by atoms with Crippen LogP contribution in [0, 0.1) is 0 Å². The molecular formula is C7H11N3O5P+. The maximum atomic E-state index is 10.9. The topological polar surface area (TPSA) is 128 Å². The number of H-pyrrole nitrogens is 1. The molecule has 0 aliphatic rings. The van der Waals surface area contributed by atoms with Gasteiger partial charge in [-0.05, 0) is 4.57 Å². The van der Waals surface area contributed by atoms with Gasteiger partial charge in [-0.1, -0.05) is 0 Å². The van der Waals surface area contributed by atoms with Gasteiger partial charge in [0.2, 0.25) is 11.8 Å². The molecule has 0 bridgehead atoms. The maximum Gasteiger partial charge on any atom is 0.534 e. The minimum Gasteiger partial charge on any atom is -0.475 e. The molecule has 1 aromatic rings. The largest absolute Gasteiger partial charge is 0.534 e. The van der Waals surface area contributed by atoms with E-state index in [1.807, 2.05) is 0 Å². The van der Waals surface area contributed by atoms with Gasteiger partial charge in [-0.3, -0.25) is 9.78 Å². The number of nitrogens with one attached hydrogen (secondary N) is 1. The van der Waals surface area contributed by atoms with E-state index in [9.17, 15) is 9.36 Å². The Morgan fingerprint density at radius 3 is 2.94 bits per heavy atom. The van der Waals surface area contributed by atoms with E-state index in [0.29, 0.717) is 0 Å². The van der Waals surface area contributed by atoms with Crippen LogP contribution in [0.2, 0.25) is 0 Å². The second-order valence-corrected chi connectivity index (χ2v) is 3.67. The SMILES string of the molecule is Nc1nc(OCCOC[P+](=O)O)cc(=O)[nH]1. The lowest BCUT2D eigenvalue weighted by Crippen LogP contribution is -2.13. The van der Waals surface area contributed by atoms with Crippen molar-refractivity contribution < 1.29 is 18.9 Å². The zero-order valence-electron chi connectivity index (χ0n) is 8.25. The normalized spacial score (nSPS) is 11.2. The fraction of sp³-hybridized carbons (Fsp3) is 0.429. The molecule has 0 radical (unpaired) electrons. The first-order valence-corrected chi connectivity index (χ1v) is 5.68. The van der Waals surface area contributed by atoms with E-state index in [2.05, 4.69) is 9.97 Å². The van der Waals surface area contributed by atoms with Gasteiger partial charge >= 0.3 is 8.03 Å². The van der Waals surface area contributed by atoms with Gasteiger partial charge in [0.15, 0.2) is 0 Å². The number of hydrogen-bond donors (Lipinski definition) is 3. The lowest BCUT2D eigenvalue weighted by atomic mass is 10.6. The van der Waals surface area contributed by atoms with Gasteiger partial charge in [0, 0.05) is 0 Å². The molecule has 0 aliphatic heterocycles. The average molecular weight is 248 g/mol. The number of rotatable bonds is 6. The van der Waals surface area contributed by atoms with Gasteiger partial charge in [0.1, 0.15) is 6.61 Å². The molecule has 1 rings (SSSR count). The predicted molar refractivity (Wildman–Crippen MR) is 55.4 cm³/mol. The van der Waals surface area contributed by atoms with Crippen molar-refractivity contribution in [2.24, 2.45) is 0 Å². The van der Waals surface area contributed by atoms with E-state index in [1.165, 1.54) is 0 Å². The van der Waals surface area contributed by atoms with Crippen LogP contribution < -0.4 is 16.0 Å². The molecule has 0 aromatic carbocycles. The van der Waals surface area contributed by atoms with Gasteiger partial charge in [-0.15, -0.1) is 0 Å². The Morgan fingerprint density at radius 2 is 2.31 bits per heavy atom. The summed E-state index contributed by atoms with van der Waals surface area (Å²) in [5, 5.41) is 0. The van der Waals surface area contributed by atoms with Crippen LogP contribution in [0.1, 0.15) is 0 Å². The summed E-state index contributed by atoms with van der Waals surface area (Å²) in [5.74, 6) is 0.0418. The predicted octanol–water partition coefficient (Wildman–Crippen LogP) is -0.560. The van der Waals surface area contributed by atoms with Crippen LogP contribution >= 0.6 is 8.03 Å². The van der Waals surface area contributed by atoms with E-state index >= 15 is 0 Å². The van der Waals surface area contributed by atoms with Crippen molar-refractivity contribution in [1.29, 1.82) is 0 Å². The fourth-order valence-corrected chi connectivity index (χ4v) is 1.16. The van der Waals surface area contributed by atoms with E-state index in [0.717, 1.165) is 6.07 Å². The second-order valence-electron chi connectivity index (χ2n) is 2.71. The van der Waals surface area contributed by atoms with E-state index in [4.69, 9.17) is 20.1 Å². The molecule has 1 aromatic heterocycles. The van der Waals surface area contributed by atoms with Crippen molar-refractivity contribution in [2.45, 2.75) is 0 Å². The summed E-state index contributed by atoms with van der Waals surface area (Å²) >= 11 is 0. The molecule has 9 heteroatoms. The lowest BCUT2D eigenvalue weighted by molar-refractivity contribution is 0.126. The summed E-state index contributed by atoms with van der Waals surface area (Å²) in [5.41, 5.74) is 4.86. The molecule has 16 heavy (non-hydrogen) atoms. The average Bonchev–Trinajstić information content (AvgIpc) is 2.15. The third kappa shape index (κ3) is 4.83. The summed E-state index contributed by atoms with van der Waals surface area (Å²) in [4.78, 5) is 25.3. The number of aromatic amines is 1. The zero-order chi connectivity index (χ0) is 12.0. The summed E-state index contributed by atoms with van der Waals surface area (Å²) in [7, 11) is -2.30. The highest BCUT2D eigenvalue weighted by Gasteiger charge is 2.08. The molecule has 0 saturated carbocycles. The van der Waals surface area contributed by atoms with Crippen LogP contribution in [0.25, 0.3) is 0 Å². The highest BCUT2D eigenvalue weighted by atomic mass is 31.1. The highest BCUT2D eigenvalue weighted by Crippen LogP contribution is 2.11. The summed E-state index contributed by atoms with van der Waals surface area (Å²) in [6.07, 6.45) is -0.246. The van der Waals surface area contributed by atoms with Crippen molar-refractivity contribution in [3.8, 4) is 5.88 Å². The Bertz CT molecular complexity index is 421. The van der Waals surface area contributed by atoms with Crippen LogP contribution in [-0.4, -0.2) is 34.4 Å². The Hall–Kier alpha value is -1.50. The minimum absolute atomic E-state index is 0.0399. The van der Waals surface area contributed by atoms with Gasteiger partial charge in [-0.2, -0.15) is 9.88 Å². The molecule has 0 spiro atoms. The van der Waals surface area contributed by atoms with Crippen LogP contribution in [0.3, 0.4) is 0 Å². The summed E-state index contributed by atoms with van der Waals surface area (Å²) in [6, 6.07) is 1.14. The van der Waals surface area contributed by atoms with Crippen LogP contribution in [0.4, 0.5) is 5.95 Å². The fourth-order valence-electron chi connectivity index (χ4n) is 0.875. The molecule has 0 fully saturated rings. The molecule has 1 atom stereocenters. The first kappa shape index (κ1) is 12.6. The highest BCUT2D eigenvalue weighted by molar-refractivity contribution is 7.37. The van der Waals surface area contributed by atoms with Gasteiger partial charge in [0.25, 0.3) is 11.9 Å². The molecule has 0 saturated heterocycles. The van der Waals surface area contributed by atoms with Crippen LogP contribution in [-0.2, 0) is 9.30 Å². The van der Waals surface area contributed by atoms with Crippen molar-refractivity contribution in [1.82, 2.24) is 9.97 Å². The van der Waals surface area contributed by atoms with Gasteiger partial charge in [0.05, 0.1) is 12.7 Å². The Morgan fingerprint density at radius 1 is 1.56 bits per heavy atom. The van der Waals surface area contributed by atoms with E-state index < -0.39 is 13.6 Å². The van der Waals surface area contributed by atoms with Crippen molar-refractivity contribution in [3.63, 3.8) is 0 Å². The van der Waals surface area contributed by atoms with Gasteiger partial charge in [-0.25, -0.2) is 0 Å². The standard InChI is InChI=1S/C7H10N3O5P/c8-7-9-5(11)3-6(10-7)15-2-1-14-4-16(12)13/h3H,1-2,4H2,(H3-,8,9,10,11,12,13)/p+1. The number of hydrogen-bond acceptors (Lipinski definition) is 6. The third-order valence-electron chi connectivity index (χ3n) is 1.42. The number of anilines is 1. The molecule has 0 aliphatic carbocycles. The number of nitrogens with zero attached hydrogens (tertiary/aromatic N) is 1. The number of nitrogens with two attached hydrogens (primary N) is 1. The van der Waals surface area contributed by atoms with Crippen molar-refractivity contribution >= 4 is 14.0 Å². The molecule has 1 heterocycles. The smallest absolute Gasteiger partial charge is 0.475 e. The zero-order valence-corrected chi connectivity index (χ0v) is 9.15.